The van der Waals surface area contributed by atoms with E-state index in [1.807, 2.05) is 0 Å². The van der Waals surface area contributed by atoms with Crippen LogP contribution < -0.4 is 5.32 Å². The fourth-order valence-electron chi connectivity index (χ4n) is 3.41. The number of esters is 1. The number of aromatic nitrogens is 1. The van der Waals surface area contributed by atoms with E-state index in [1.165, 1.54) is 29.2 Å². The van der Waals surface area contributed by atoms with E-state index in [1.54, 1.807) is 0 Å². The molecule has 1 aromatic heterocycles. The minimum Gasteiger partial charge on any atom is -0.469 e. The molecule has 2 N–H and O–H groups in total. The molecule has 4 nitrogen and oxygen atoms in total. The van der Waals surface area contributed by atoms with Crippen molar-refractivity contribution >= 4 is 22.4 Å². The van der Waals surface area contributed by atoms with E-state index < -0.39 is 0 Å². The summed E-state index contributed by atoms with van der Waals surface area (Å²) < 4.78 is 4.87. The van der Waals surface area contributed by atoms with Gasteiger partial charge in [0.2, 0.25) is 0 Å². The van der Waals surface area contributed by atoms with E-state index in [-0.39, 0.29) is 11.9 Å². The summed E-state index contributed by atoms with van der Waals surface area (Å²) in [4.78, 5) is 15.1. The van der Waals surface area contributed by atoms with Crippen molar-refractivity contribution in [3.05, 3.63) is 41.6 Å². The molecule has 20 heavy (non-hydrogen) atoms. The molecule has 0 bridgehead atoms. The van der Waals surface area contributed by atoms with Crippen LogP contribution in [-0.2, 0) is 16.0 Å². The Balaban J connectivity index is 1.89. The first kappa shape index (κ1) is 11.7. The van der Waals surface area contributed by atoms with Gasteiger partial charge in [-0.05, 0) is 29.2 Å². The molecular weight excluding hydrogens is 252 g/mol. The molecule has 0 spiro atoms. The van der Waals surface area contributed by atoms with Crippen LogP contribution in [-0.4, -0.2) is 30.6 Å². The number of fused-ring (bicyclic) bond motifs is 2. The molecule has 0 radical (unpaired) electrons. The maximum atomic E-state index is 11.8. The minimum atomic E-state index is -0.193. The van der Waals surface area contributed by atoms with Gasteiger partial charge in [0.05, 0.1) is 13.0 Å². The Hall–Kier alpha value is -2.07. The van der Waals surface area contributed by atoms with Gasteiger partial charge < -0.3 is 15.0 Å². The second-order valence-corrected chi connectivity index (χ2v) is 5.46. The predicted molar refractivity (Wildman–Crippen MR) is 77.3 cm³/mol. The number of H-pyrrole nitrogens is 1. The first-order valence-corrected chi connectivity index (χ1v) is 6.90. The van der Waals surface area contributed by atoms with Gasteiger partial charge in [-0.2, -0.15) is 0 Å². The summed E-state index contributed by atoms with van der Waals surface area (Å²) >= 11 is 0. The molecule has 4 rings (SSSR count). The summed E-state index contributed by atoms with van der Waals surface area (Å²) in [5.41, 5.74) is 4.97. The first-order valence-electron chi connectivity index (χ1n) is 6.90. The van der Waals surface area contributed by atoms with Crippen LogP contribution in [0.3, 0.4) is 0 Å². The molecule has 102 valence electrons. The van der Waals surface area contributed by atoms with Crippen molar-refractivity contribution < 1.29 is 9.53 Å². The zero-order valence-electron chi connectivity index (χ0n) is 11.3. The van der Waals surface area contributed by atoms with Crippen LogP contribution in [0.15, 0.2) is 30.5 Å². The van der Waals surface area contributed by atoms with Crippen LogP contribution in [0.4, 0.5) is 0 Å². The molecule has 2 heterocycles. The van der Waals surface area contributed by atoms with Gasteiger partial charge in [0.1, 0.15) is 0 Å². The van der Waals surface area contributed by atoms with Crippen molar-refractivity contribution in [3.8, 4) is 0 Å². The molecule has 0 fully saturated rings. The number of carbonyl (C=O) groups is 1. The highest BCUT2D eigenvalue weighted by molar-refractivity contribution is 5.99. The lowest BCUT2D eigenvalue weighted by Gasteiger charge is -2.32. The number of ether oxygens (including phenoxy) is 1. The second kappa shape index (κ2) is 4.21. The summed E-state index contributed by atoms with van der Waals surface area (Å²) in [6.07, 6.45) is 5.15. The number of carbonyl (C=O) groups excluding carboxylic acids is 1. The zero-order chi connectivity index (χ0) is 13.7. The Morgan fingerprint density at radius 1 is 1.40 bits per heavy atom. The second-order valence-electron chi connectivity index (χ2n) is 5.46. The maximum Gasteiger partial charge on any atom is 0.313 e. The number of benzene rings is 1. The largest absolute Gasteiger partial charge is 0.469 e. The van der Waals surface area contributed by atoms with Crippen LogP contribution in [0.25, 0.3) is 16.5 Å². The number of hydrogen-bond donors (Lipinski definition) is 2. The molecule has 4 heteroatoms. The van der Waals surface area contributed by atoms with Crippen molar-refractivity contribution in [2.75, 3.05) is 13.7 Å². The number of hydrogen-bond acceptors (Lipinski definition) is 3. The normalized spacial score (nSPS) is 24.1. The SMILES string of the molecule is COC(=O)C1C=C2c3cccc4[nH]cc(c34)C[C@H]2NC1. The molecule has 0 saturated carbocycles. The standard InChI is InChI=1S/C16H16N2O2/c1-20-16(19)10-5-12-11-3-2-4-13-15(11)9(7-17-13)6-14(12)18-8-10/h2-5,7,10,14,17-18H,6,8H2,1H3/t10?,14-/m1/s1. The average molecular weight is 268 g/mol. The van der Waals surface area contributed by atoms with Gasteiger partial charge >= 0.3 is 5.97 Å². The average Bonchev–Trinajstić information content (AvgIpc) is 2.91. The number of methoxy groups -OCH3 is 1. The molecule has 1 aliphatic carbocycles. The van der Waals surface area contributed by atoms with Crippen molar-refractivity contribution in [3.63, 3.8) is 0 Å². The summed E-state index contributed by atoms with van der Waals surface area (Å²) in [6, 6.07) is 6.59. The molecule has 2 aromatic rings. The zero-order valence-corrected chi connectivity index (χ0v) is 11.3. The lowest BCUT2D eigenvalue weighted by molar-refractivity contribution is -0.143. The van der Waals surface area contributed by atoms with Crippen molar-refractivity contribution in [1.82, 2.24) is 10.3 Å². The Bertz CT molecular complexity index is 729. The lowest BCUT2D eigenvalue weighted by atomic mass is 9.81. The summed E-state index contributed by atoms with van der Waals surface area (Å²) in [6.45, 7) is 0.649. The van der Waals surface area contributed by atoms with Crippen molar-refractivity contribution in [1.29, 1.82) is 0 Å². The van der Waals surface area contributed by atoms with E-state index in [2.05, 4.69) is 40.8 Å². The predicted octanol–water partition coefficient (Wildman–Crippen LogP) is 1.87. The van der Waals surface area contributed by atoms with E-state index in [0.29, 0.717) is 12.6 Å². The smallest absolute Gasteiger partial charge is 0.313 e. The van der Waals surface area contributed by atoms with Crippen molar-refractivity contribution in [2.45, 2.75) is 12.5 Å². The van der Waals surface area contributed by atoms with E-state index in [9.17, 15) is 4.79 Å². The van der Waals surface area contributed by atoms with E-state index >= 15 is 0 Å². The van der Waals surface area contributed by atoms with E-state index in [0.717, 1.165) is 11.9 Å². The molecule has 2 atom stereocenters. The molecule has 1 aliphatic heterocycles. The summed E-state index contributed by atoms with van der Waals surface area (Å²) in [5.74, 6) is -0.363. The highest BCUT2D eigenvalue weighted by Crippen LogP contribution is 2.38. The fourth-order valence-corrected chi connectivity index (χ4v) is 3.41. The van der Waals surface area contributed by atoms with Gasteiger partial charge in [-0.1, -0.05) is 18.2 Å². The van der Waals surface area contributed by atoms with Gasteiger partial charge in [0, 0.05) is 29.7 Å². The van der Waals surface area contributed by atoms with E-state index in [4.69, 9.17) is 4.74 Å². The molecule has 1 unspecified atom stereocenters. The number of nitrogens with one attached hydrogen (secondary N) is 2. The van der Waals surface area contributed by atoms with Crippen LogP contribution >= 0.6 is 0 Å². The summed E-state index contributed by atoms with van der Waals surface area (Å²) in [7, 11) is 1.44. The third-order valence-electron chi connectivity index (χ3n) is 4.37. The number of rotatable bonds is 1. The molecule has 0 amide bonds. The molecule has 0 saturated heterocycles. The van der Waals surface area contributed by atoms with Crippen molar-refractivity contribution in [2.24, 2.45) is 5.92 Å². The van der Waals surface area contributed by atoms with Crippen LogP contribution in [0, 0.1) is 5.92 Å². The third-order valence-corrected chi connectivity index (χ3v) is 4.37. The topological polar surface area (TPSA) is 54.1 Å². The maximum absolute atomic E-state index is 11.8. The Labute approximate surface area is 116 Å². The minimum absolute atomic E-state index is 0.171. The first-order chi connectivity index (χ1) is 9.78. The molecule has 1 aromatic carbocycles. The quantitative estimate of drug-likeness (QED) is 0.776. The molecular formula is C16H16N2O2. The third kappa shape index (κ3) is 1.55. The summed E-state index contributed by atoms with van der Waals surface area (Å²) in [5, 5.41) is 4.77. The van der Waals surface area contributed by atoms with Crippen LogP contribution in [0.1, 0.15) is 11.1 Å². The van der Waals surface area contributed by atoms with Gasteiger partial charge in [-0.25, -0.2) is 0 Å². The lowest BCUT2D eigenvalue weighted by Crippen LogP contribution is -2.43. The van der Waals surface area contributed by atoms with Crippen LogP contribution in [0.2, 0.25) is 0 Å². The fraction of sp³-hybridized carbons (Fsp3) is 0.312. The van der Waals surface area contributed by atoms with Gasteiger partial charge in [0.25, 0.3) is 0 Å². The molecule has 2 aliphatic rings. The highest BCUT2D eigenvalue weighted by Gasteiger charge is 2.32. The monoisotopic (exact) mass is 268 g/mol. The van der Waals surface area contributed by atoms with Gasteiger partial charge in [0.15, 0.2) is 0 Å². The Kier molecular flexibility index (Phi) is 2.47. The number of aromatic amines is 1. The highest BCUT2D eigenvalue weighted by atomic mass is 16.5. The van der Waals surface area contributed by atoms with Gasteiger partial charge in [-0.3, -0.25) is 4.79 Å². The Morgan fingerprint density at radius 2 is 2.30 bits per heavy atom. The van der Waals surface area contributed by atoms with Crippen LogP contribution in [0.5, 0.6) is 0 Å². The van der Waals surface area contributed by atoms with Gasteiger partial charge in [-0.15, -0.1) is 0 Å². The Morgan fingerprint density at radius 3 is 3.15 bits per heavy atom.